The Morgan fingerprint density at radius 1 is 0.652 bits per heavy atom. The summed E-state index contributed by atoms with van der Waals surface area (Å²) in [6, 6.07) is 0. The van der Waals surface area contributed by atoms with Crippen LogP contribution in [0.25, 0.3) is 0 Å². The van der Waals surface area contributed by atoms with Crippen molar-refractivity contribution >= 4 is 11.9 Å². The van der Waals surface area contributed by atoms with Crippen LogP contribution in [0.3, 0.4) is 0 Å². The summed E-state index contributed by atoms with van der Waals surface area (Å²) in [5.74, 6) is -0.0969. The van der Waals surface area contributed by atoms with Crippen molar-refractivity contribution in [3.8, 4) is 0 Å². The van der Waals surface area contributed by atoms with Crippen LogP contribution in [0.2, 0.25) is 0 Å². The van der Waals surface area contributed by atoms with E-state index in [1.54, 1.807) is 36.5 Å². The first-order valence-electron chi connectivity index (χ1n) is 17.9. The summed E-state index contributed by atoms with van der Waals surface area (Å²) in [6.45, 7) is 6.03. The summed E-state index contributed by atoms with van der Waals surface area (Å²) in [4.78, 5) is 24.2. The molecule has 46 heavy (non-hydrogen) atoms. The quantitative estimate of drug-likeness (QED) is 0.0358. The Balaban J connectivity index is 3.99. The minimum Gasteiger partial charge on any atom is -0.462 e. The fourth-order valence-corrected chi connectivity index (χ4v) is 4.74. The van der Waals surface area contributed by atoms with Crippen LogP contribution in [-0.2, 0) is 19.1 Å². The summed E-state index contributed by atoms with van der Waals surface area (Å²) in [7, 11) is 0. The lowest BCUT2D eigenvalue weighted by Gasteiger charge is -2.16. The van der Waals surface area contributed by atoms with Gasteiger partial charge in [-0.2, -0.15) is 0 Å². The molecule has 0 aromatic carbocycles. The second-order valence-electron chi connectivity index (χ2n) is 12.4. The molecule has 266 valence electrons. The summed E-state index contributed by atoms with van der Waals surface area (Å²) >= 11 is 0. The maximum atomic E-state index is 12.1. The largest absolute Gasteiger partial charge is 0.462 e. The number of hydrogen-bond donors (Lipinski definition) is 4. The summed E-state index contributed by atoms with van der Waals surface area (Å²) in [5.41, 5.74) is 0. The number of esters is 2. The molecule has 0 rings (SSSR count). The van der Waals surface area contributed by atoms with E-state index in [4.69, 9.17) is 9.47 Å². The summed E-state index contributed by atoms with van der Waals surface area (Å²) in [5, 5.41) is 39.6. The maximum absolute atomic E-state index is 12.1. The molecule has 0 bridgehead atoms. The lowest BCUT2D eigenvalue weighted by molar-refractivity contribution is -0.161. The highest BCUT2D eigenvalue weighted by molar-refractivity contribution is 5.70. The minimum atomic E-state index is -1.08. The number of carbonyl (C=O) groups is 2. The highest BCUT2D eigenvalue weighted by atomic mass is 16.6. The van der Waals surface area contributed by atoms with Crippen molar-refractivity contribution in [2.45, 2.75) is 161 Å². The fourth-order valence-electron chi connectivity index (χ4n) is 4.74. The van der Waals surface area contributed by atoms with E-state index in [9.17, 15) is 30.0 Å². The van der Waals surface area contributed by atoms with Crippen molar-refractivity contribution in [2.75, 3.05) is 13.2 Å². The average Bonchev–Trinajstić information content (AvgIpc) is 3.04. The van der Waals surface area contributed by atoms with Gasteiger partial charge in [-0.05, 0) is 31.6 Å². The molecule has 0 heterocycles. The van der Waals surface area contributed by atoms with E-state index in [2.05, 4.69) is 20.8 Å². The molecule has 0 aromatic rings. The van der Waals surface area contributed by atoms with Crippen LogP contribution in [0, 0.1) is 5.92 Å². The molecule has 0 amide bonds. The number of hydrogen-bond acceptors (Lipinski definition) is 8. The van der Waals surface area contributed by atoms with Crippen molar-refractivity contribution in [2.24, 2.45) is 5.92 Å². The van der Waals surface area contributed by atoms with Gasteiger partial charge in [0.05, 0.1) is 24.9 Å². The van der Waals surface area contributed by atoms with Crippen molar-refractivity contribution < 1.29 is 39.5 Å². The zero-order chi connectivity index (χ0) is 34.3. The van der Waals surface area contributed by atoms with Crippen molar-refractivity contribution in [3.05, 3.63) is 48.6 Å². The molecule has 0 radical (unpaired) electrons. The van der Waals surface area contributed by atoms with Gasteiger partial charge in [0.2, 0.25) is 0 Å². The van der Waals surface area contributed by atoms with Crippen molar-refractivity contribution in [1.29, 1.82) is 0 Å². The van der Waals surface area contributed by atoms with Crippen LogP contribution in [0.4, 0.5) is 0 Å². The number of carbonyl (C=O) groups excluding carboxylic acids is 2. The highest BCUT2D eigenvalue weighted by Gasteiger charge is 2.17. The van der Waals surface area contributed by atoms with Gasteiger partial charge < -0.3 is 29.9 Å². The average molecular weight is 651 g/mol. The van der Waals surface area contributed by atoms with Crippen LogP contribution in [0.15, 0.2) is 48.6 Å². The van der Waals surface area contributed by atoms with Crippen LogP contribution in [0.5, 0.6) is 0 Å². The topological polar surface area (TPSA) is 134 Å². The number of rotatable bonds is 30. The van der Waals surface area contributed by atoms with E-state index < -0.39 is 43.0 Å². The Bertz CT molecular complexity index is 850. The van der Waals surface area contributed by atoms with Gasteiger partial charge in [0.15, 0.2) is 6.10 Å². The van der Waals surface area contributed by atoms with Gasteiger partial charge in [-0.1, -0.05) is 146 Å². The predicted molar refractivity (Wildman–Crippen MR) is 186 cm³/mol. The molecule has 0 aliphatic heterocycles. The number of ether oxygens (including phenoxy) is 2. The number of aliphatic hydroxyl groups is 4. The molecule has 0 saturated heterocycles. The van der Waals surface area contributed by atoms with E-state index in [0.717, 1.165) is 50.9 Å². The van der Waals surface area contributed by atoms with E-state index in [1.807, 2.05) is 6.08 Å². The fraction of sp³-hybridized carbons (Fsp3) is 0.737. The van der Waals surface area contributed by atoms with Crippen molar-refractivity contribution in [1.82, 2.24) is 0 Å². The van der Waals surface area contributed by atoms with Crippen LogP contribution >= 0.6 is 0 Å². The molecule has 1 unspecified atom stereocenters. The SMILES string of the molecule is CCCCC[C@@H](O)/C=C/C=C\C=C\C=C\[C@@H](O)[C@H](O)CCCC(=O)OC[C@H](CO)OC(=O)CCCCCCCCCCC(C)CC. The van der Waals surface area contributed by atoms with Crippen molar-refractivity contribution in [3.63, 3.8) is 0 Å². The maximum Gasteiger partial charge on any atom is 0.306 e. The van der Waals surface area contributed by atoms with Gasteiger partial charge in [0.25, 0.3) is 0 Å². The lowest BCUT2D eigenvalue weighted by atomic mass is 9.99. The zero-order valence-electron chi connectivity index (χ0n) is 29.1. The lowest BCUT2D eigenvalue weighted by Crippen LogP contribution is -2.28. The Morgan fingerprint density at radius 2 is 1.22 bits per heavy atom. The van der Waals surface area contributed by atoms with Gasteiger partial charge in [-0.15, -0.1) is 0 Å². The van der Waals surface area contributed by atoms with Gasteiger partial charge in [-0.3, -0.25) is 9.59 Å². The minimum absolute atomic E-state index is 0.0307. The van der Waals surface area contributed by atoms with Gasteiger partial charge in [-0.25, -0.2) is 0 Å². The third-order valence-electron chi connectivity index (χ3n) is 8.03. The first-order valence-corrected chi connectivity index (χ1v) is 17.9. The molecule has 0 spiro atoms. The highest BCUT2D eigenvalue weighted by Crippen LogP contribution is 2.15. The molecular weight excluding hydrogens is 584 g/mol. The molecule has 0 aliphatic carbocycles. The number of unbranched alkanes of at least 4 members (excludes halogenated alkanes) is 9. The van der Waals surface area contributed by atoms with Crippen LogP contribution in [0.1, 0.15) is 136 Å². The van der Waals surface area contributed by atoms with Gasteiger partial charge in [0, 0.05) is 12.8 Å². The summed E-state index contributed by atoms with van der Waals surface area (Å²) in [6.07, 6.45) is 26.9. The number of allylic oxidation sites excluding steroid dienone is 6. The third-order valence-corrected chi connectivity index (χ3v) is 8.03. The zero-order valence-corrected chi connectivity index (χ0v) is 29.1. The molecule has 5 atom stereocenters. The molecule has 8 heteroatoms. The normalized spacial score (nSPS) is 15.5. The van der Waals surface area contributed by atoms with Gasteiger partial charge >= 0.3 is 11.9 Å². The second-order valence-corrected chi connectivity index (χ2v) is 12.4. The Kier molecular flexibility index (Phi) is 29.8. The molecule has 0 fully saturated rings. The van der Waals surface area contributed by atoms with E-state index in [0.29, 0.717) is 6.42 Å². The first kappa shape index (κ1) is 43.7. The Morgan fingerprint density at radius 3 is 1.85 bits per heavy atom. The van der Waals surface area contributed by atoms with Crippen LogP contribution in [-0.4, -0.2) is 70.0 Å². The van der Waals surface area contributed by atoms with E-state index >= 15 is 0 Å². The molecule has 4 N–H and O–H groups in total. The van der Waals surface area contributed by atoms with Crippen LogP contribution < -0.4 is 0 Å². The molecule has 0 aromatic heterocycles. The monoisotopic (exact) mass is 650 g/mol. The third kappa shape index (κ3) is 28.0. The summed E-state index contributed by atoms with van der Waals surface area (Å²) < 4.78 is 10.4. The molecule has 0 saturated carbocycles. The number of aliphatic hydroxyl groups excluding tert-OH is 4. The smallest absolute Gasteiger partial charge is 0.306 e. The predicted octanol–water partition coefficient (Wildman–Crippen LogP) is 7.44. The Labute approximate surface area is 279 Å². The Hall–Kier alpha value is -2.26. The standard InChI is InChI=1S/C38H66O8/c1-4-6-17-24-33(40)25-19-14-11-12-15-20-26-35(41)36(42)27-22-29-37(43)45-31-34(30-39)46-38(44)28-21-16-10-8-7-9-13-18-23-32(3)5-2/h11-12,14-15,19-20,25-26,32-36,39-42H,4-10,13,16-18,21-24,27-31H2,1-3H3/b14-11-,15-12+,25-19+,26-20+/t32?,33-,34+,35-,36-/m1/s1. The second kappa shape index (κ2) is 31.3. The molecule has 0 aliphatic rings. The first-order chi connectivity index (χ1) is 22.2. The molecular formula is C38H66O8. The van der Waals surface area contributed by atoms with E-state index in [1.165, 1.54) is 51.0 Å². The molecule has 8 nitrogen and oxygen atoms in total. The van der Waals surface area contributed by atoms with E-state index in [-0.39, 0.29) is 25.9 Å². The van der Waals surface area contributed by atoms with Gasteiger partial charge in [0.1, 0.15) is 6.61 Å².